The molecule has 1 aromatic heterocycles. The Hall–Kier alpha value is -3.48. The number of likely N-dealkylation sites (N-methyl/N-ethyl adjacent to an activating group) is 1. The standard InChI is InChI=1S/C24H27FN4O2/c1-16-8-6-7-9-19(16)29-21(14-20(27-29)24(2,3)4)26-22(30)15-28(5)23(31)17-10-12-18(25)13-11-17/h6-14H,15H2,1-5H3,(H,26,30). The van der Waals surface area contributed by atoms with Gasteiger partial charge in [-0.25, -0.2) is 9.07 Å². The summed E-state index contributed by atoms with van der Waals surface area (Å²) in [7, 11) is 1.53. The highest BCUT2D eigenvalue weighted by Crippen LogP contribution is 2.27. The molecule has 0 bridgehead atoms. The number of nitrogens with one attached hydrogen (secondary N) is 1. The summed E-state index contributed by atoms with van der Waals surface area (Å²) in [6.45, 7) is 7.99. The first-order valence-corrected chi connectivity index (χ1v) is 10.0. The van der Waals surface area contributed by atoms with Crippen LogP contribution < -0.4 is 5.32 Å². The van der Waals surface area contributed by atoms with Gasteiger partial charge < -0.3 is 10.2 Å². The average Bonchev–Trinajstić information content (AvgIpc) is 3.12. The molecular formula is C24H27FN4O2. The van der Waals surface area contributed by atoms with Crippen LogP contribution in [0.4, 0.5) is 10.2 Å². The van der Waals surface area contributed by atoms with Crippen LogP contribution in [0.15, 0.2) is 54.6 Å². The Balaban J connectivity index is 1.82. The Bertz CT molecular complexity index is 1100. The fourth-order valence-corrected chi connectivity index (χ4v) is 3.10. The van der Waals surface area contributed by atoms with E-state index in [4.69, 9.17) is 5.10 Å². The highest BCUT2D eigenvalue weighted by atomic mass is 19.1. The fourth-order valence-electron chi connectivity index (χ4n) is 3.10. The van der Waals surface area contributed by atoms with Crippen LogP contribution in [-0.4, -0.2) is 40.1 Å². The van der Waals surface area contributed by atoms with E-state index >= 15 is 0 Å². The van der Waals surface area contributed by atoms with Gasteiger partial charge in [-0.05, 0) is 42.8 Å². The van der Waals surface area contributed by atoms with Crippen LogP contribution in [0, 0.1) is 12.7 Å². The second-order valence-corrected chi connectivity index (χ2v) is 8.58. The summed E-state index contributed by atoms with van der Waals surface area (Å²) in [4.78, 5) is 26.5. The van der Waals surface area contributed by atoms with Crippen molar-refractivity contribution in [3.63, 3.8) is 0 Å². The van der Waals surface area contributed by atoms with Gasteiger partial charge in [-0.2, -0.15) is 5.10 Å². The van der Waals surface area contributed by atoms with E-state index in [0.29, 0.717) is 11.4 Å². The summed E-state index contributed by atoms with van der Waals surface area (Å²) in [6.07, 6.45) is 0. The van der Waals surface area contributed by atoms with Crippen molar-refractivity contribution in [1.29, 1.82) is 0 Å². The Labute approximate surface area is 181 Å². The van der Waals surface area contributed by atoms with Gasteiger partial charge in [-0.3, -0.25) is 9.59 Å². The molecule has 2 amide bonds. The molecule has 0 atom stereocenters. The average molecular weight is 423 g/mol. The van der Waals surface area contributed by atoms with Crippen LogP contribution in [0.1, 0.15) is 42.4 Å². The third-order valence-corrected chi connectivity index (χ3v) is 4.91. The first-order chi connectivity index (χ1) is 14.6. The van der Waals surface area contributed by atoms with Crippen molar-refractivity contribution in [2.24, 2.45) is 0 Å². The van der Waals surface area contributed by atoms with Gasteiger partial charge in [-0.15, -0.1) is 0 Å². The Kier molecular flexibility index (Phi) is 6.24. The minimum atomic E-state index is -0.420. The highest BCUT2D eigenvalue weighted by molar-refractivity contribution is 5.99. The maximum absolute atomic E-state index is 13.1. The number of hydrogen-bond acceptors (Lipinski definition) is 3. The van der Waals surface area contributed by atoms with Crippen LogP contribution in [0.5, 0.6) is 0 Å². The van der Waals surface area contributed by atoms with Crippen LogP contribution in [0.3, 0.4) is 0 Å². The smallest absolute Gasteiger partial charge is 0.254 e. The van der Waals surface area contributed by atoms with E-state index < -0.39 is 5.82 Å². The number of benzene rings is 2. The van der Waals surface area contributed by atoms with Crippen molar-refractivity contribution in [3.8, 4) is 5.69 Å². The number of halogens is 1. The lowest BCUT2D eigenvalue weighted by Gasteiger charge is -2.17. The molecular weight excluding hydrogens is 395 g/mol. The number of amides is 2. The number of carbonyl (C=O) groups is 2. The summed E-state index contributed by atoms with van der Waals surface area (Å²) >= 11 is 0. The Morgan fingerprint density at radius 1 is 1.10 bits per heavy atom. The second kappa shape index (κ2) is 8.71. The Morgan fingerprint density at radius 3 is 2.35 bits per heavy atom. The number of rotatable bonds is 5. The fraction of sp³-hybridized carbons (Fsp3) is 0.292. The number of aromatic nitrogens is 2. The molecule has 0 saturated heterocycles. The van der Waals surface area contributed by atoms with E-state index in [-0.39, 0.29) is 23.8 Å². The number of aryl methyl sites for hydroxylation is 1. The van der Waals surface area contributed by atoms with Gasteiger partial charge in [0.25, 0.3) is 5.91 Å². The van der Waals surface area contributed by atoms with Gasteiger partial charge in [0.2, 0.25) is 5.91 Å². The SMILES string of the molecule is Cc1ccccc1-n1nc(C(C)(C)C)cc1NC(=O)CN(C)C(=O)c1ccc(F)cc1. The molecule has 0 aliphatic heterocycles. The normalized spacial score (nSPS) is 11.3. The number of nitrogens with zero attached hydrogens (tertiary/aromatic N) is 3. The summed E-state index contributed by atoms with van der Waals surface area (Å²) in [5.41, 5.74) is 2.83. The van der Waals surface area contributed by atoms with Crippen LogP contribution in [-0.2, 0) is 10.2 Å². The van der Waals surface area contributed by atoms with Crippen molar-refractivity contribution >= 4 is 17.6 Å². The zero-order valence-electron chi connectivity index (χ0n) is 18.4. The predicted molar refractivity (Wildman–Crippen MR) is 119 cm³/mol. The van der Waals surface area contributed by atoms with Crippen molar-refractivity contribution < 1.29 is 14.0 Å². The van der Waals surface area contributed by atoms with E-state index in [1.165, 1.54) is 36.2 Å². The molecule has 7 heteroatoms. The third-order valence-electron chi connectivity index (χ3n) is 4.91. The van der Waals surface area contributed by atoms with Crippen molar-refractivity contribution in [2.45, 2.75) is 33.1 Å². The quantitative estimate of drug-likeness (QED) is 0.666. The molecule has 31 heavy (non-hydrogen) atoms. The first-order valence-electron chi connectivity index (χ1n) is 10.0. The number of carbonyl (C=O) groups excluding carboxylic acids is 2. The number of para-hydroxylation sites is 1. The molecule has 0 fully saturated rings. The lowest BCUT2D eigenvalue weighted by atomic mass is 9.92. The van der Waals surface area contributed by atoms with Crippen molar-refractivity contribution in [3.05, 3.63) is 77.2 Å². The van der Waals surface area contributed by atoms with Gasteiger partial charge in [0.05, 0.1) is 17.9 Å². The molecule has 0 spiro atoms. The predicted octanol–water partition coefficient (Wildman–Crippen LogP) is 4.33. The van der Waals surface area contributed by atoms with Gasteiger partial charge in [0.15, 0.2) is 0 Å². The largest absolute Gasteiger partial charge is 0.332 e. The van der Waals surface area contributed by atoms with E-state index in [1.807, 2.05) is 37.3 Å². The minimum Gasteiger partial charge on any atom is -0.332 e. The molecule has 0 unspecified atom stereocenters. The molecule has 1 N–H and O–H groups in total. The molecule has 3 aromatic rings. The Morgan fingerprint density at radius 2 is 1.74 bits per heavy atom. The topological polar surface area (TPSA) is 67.2 Å². The second-order valence-electron chi connectivity index (χ2n) is 8.58. The molecule has 3 rings (SSSR count). The maximum atomic E-state index is 13.1. The summed E-state index contributed by atoms with van der Waals surface area (Å²) < 4.78 is 14.8. The highest BCUT2D eigenvalue weighted by Gasteiger charge is 2.23. The maximum Gasteiger partial charge on any atom is 0.254 e. The molecule has 1 heterocycles. The molecule has 2 aromatic carbocycles. The summed E-state index contributed by atoms with van der Waals surface area (Å²) in [5.74, 6) is -0.603. The van der Waals surface area contributed by atoms with Crippen LogP contribution in [0.25, 0.3) is 5.69 Å². The van der Waals surface area contributed by atoms with Gasteiger partial charge >= 0.3 is 0 Å². The lowest BCUT2D eigenvalue weighted by molar-refractivity contribution is -0.116. The molecule has 162 valence electrons. The van der Waals surface area contributed by atoms with Crippen LogP contribution in [0.2, 0.25) is 0 Å². The molecule has 0 aliphatic carbocycles. The van der Waals surface area contributed by atoms with Gasteiger partial charge in [0, 0.05) is 24.1 Å². The number of anilines is 1. The molecule has 0 radical (unpaired) electrons. The molecule has 6 nitrogen and oxygen atoms in total. The van der Waals surface area contributed by atoms with E-state index in [1.54, 1.807) is 4.68 Å². The van der Waals surface area contributed by atoms with Gasteiger partial charge in [0.1, 0.15) is 11.6 Å². The van der Waals surface area contributed by atoms with Crippen molar-refractivity contribution in [1.82, 2.24) is 14.7 Å². The van der Waals surface area contributed by atoms with E-state index in [9.17, 15) is 14.0 Å². The monoisotopic (exact) mass is 422 g/mol. The van der Waals surface area contributed by atoms with E-state index in [0.717, 1.165) is 16.9 Å². The first kappa shape index (κ1) is 22.2. The van der Waals surface area contributed by atoms with Crippen LogP contribution >= 0.6 is 0 Å². The minimum absolute atomic E-state index is 0.153. The molecule has 0 saturated carbocycles. The summed E-state index contributed by atoms with van der Waals surface area (Å²) in [5, 5.41) is 7.60. The molecule has 0 aliphatic rings. The third kappa shape index (κ3) is 5.17. The van der Waals surface area contributed by atoms with Crippen molar-refractivity contribution in [2.75, 3.05) is 18.9 Å². The number of hydrogen-bond donors (Lipinski definition) is 1. The lowest BCUT2D eigenvalue weighted by Crippen LogP contribution is -2.35. The zero-order chi connectivity index (χ0) is 22.8. The van der Waals surface area contributed by atoms with E-state index in [2.05, 4.69) is 26.1 Å². The summed E-state index contributed by atoms with van der Waals surface area (Å²) in [6, 6.07) is 14.9. The zero-order valence-corrected chi connectivity index (χ0v) is 18.4. The van der Waals surface area contributed by atoms with Gasteiger partial charge in [-0.1, -0.05) is 39.0 Å².